The highest BCUT2D eigenvalue weighted by atomic mass is 16.5. The lowest BCUT2D eigenvalue weighted by atomic mass is 10.2. The van der Waals surface area contributed by atoms with Crippen molar-refractivity contribution in [2.45, 2.75) is 6.54 Å². The van der Waals surface area contributed by atoms with Crippen molar-refractivity contribution < 1.29 is 4.74 Å². The van der Waals surface area contributed by atoms with E-state index in [0.717, 1.165) is 17.0 Å². The molecule has 1 aromatic rings. The van der Waals surface area contributed by atoms with Crippen LogP contribution in [0.4, 0.5) is 0 Å². The normalized spacial score (nSPS) is 11.1. The van der Waals surface area contributed by atoms with Crippen LogP contribution in [0, 0.1) is 0 Å². The summed E-state index contributed by atoms with van der Waals surface area (Å²) in [5.74, 6) is 6.70. The summed E-state index contributed by atoms with van der Waals surface area (Å²) in [5, 5.41) is 1.55. The van der Waals surface area contributed by atoms with Gasteiger partial charge in [0.2, 0.25) is 0 Å². The molecule has 0 aliphatic carbocycles. The molecule has 0 atom stereocenters. The Hall–Kier alpha value is -1.85. The van der Waals surface area contributed by atoms with Gasteiger partial charge in [-0.1, -0.05) is 12.1 Å². The van der Waals surface area contributed by atoms with Gasteiger partial charge in [-0.25, -0.2) is 5.84 Å². The SMILES string of the molecule is C=N/C=C(/CN)N(N)Cc1ccc(OC)cc1. The maximum Gasteiger partial charge on any atom is 0.118 e. The van der Waals surface area contributed by atoms with Crippen molar-refractivity contribution in [2.24, 2.45) is 16.6 Å². The average Bonchev–Trinajstić information content (AvgIpc) is 2.36. The van der Waals surface area contributed by atoms with Crippen LogP contribution in [0.15, 0.2) is 41.2 Å². The van der Waals surface area contributed by atoms with Crippen molar-refractivity contribution in [3.05, 3.63) is 41.7 Å². The number of rotatable bonds is 6. The Morgan fingerprint density at radius 3 is 2.59 bits per heavy atom. The monoisotopic (exact) mass is 234 g/mol. The van der Waals surface area contributed by atoms with Gasteiger partial charge in [0.15, 0.2) is 0 Å². The van der Waals surface area contributed by atoms with E-state index in [2.05, 4.69) is 11.7 Å². The number of nitrogens with zero attached hydrogens (tertiary/aromatic N) is 2. The van der Waals surface area contributed by atoms with Gasteiger partial charge in [0.05, 0.1) is 19.4 Å². The van der Waals surface area contributed by atoms with Crippen molar-refractivity contribution in [1.82, 2.24) is 5.01 Å². The van der Waals surface area contributed by atoms with Crippen molar-refractivity contribution in [2.75, 3.05) is 13.7 Å². The van der Waals surface area contributed by atoms with Crippen LogP contribution in [-0.2, 0) is 6.54 Å². The maximum absolute atomic E-state index is 5.88. The van der Waals surface area contributed by atoms with Crippen molar-refractivity contribution in [3.63, 3.8) is 0 Å². The van der Waals surface area contributed by atoms with Gasteiger partial charge >= 0.3 is 0 Å². The Kier molecular flexibility index (Phi) is 5.19. The van der Waals surface area contributed by atoms with Crippen molar-refractivity contribution >= 4 is 6.72 Å². The topological polar surface area (TPSA) is 76.9 Å². The quantitative estimate of drug-likeness (QED) is 0.435. The molecule has 0 aliphatic rings. The van der Waals surface area contributed by atoms with Crippen LogP contribution in [0.5, 0.6) is 5.75 Å². The second kappa shape index (κ2) is 6.67. The number of hydrazine groups is 1. The second-order valence-corrected chi connectivity index (χ2v) is 3.48. The van der Waals surface area contributed by atoms with Gasteiger partial charge < -0.3 is 15.5 Å². The molecule has 0 spiro atoms. The molecule has 0 saturated carbocycles. The third kappa shape index (κ3) is 3.90. The Labute approximate surface area is 101 Å². The van der Waals surface area contributed by atoms with Gasteiger partial charge in [0.25, 0.3) is 0 Å². The first-order chi connectivity index (χ1) is 8.21. The Morgan fingerprint density at radius 2 is 2.12 bits per heavy atom. The molecule has 0 aliphatic heterocycles. The molecule has 17 heavy (non-hydrogen) atoms. The molecule has 0 heterocycles. The molecule has 4 N–H and O–H groups in total. The van der Waals surface area contributed by atoms with E-state index in [1.54, 1.807) is 18.3 Å². The number of nitrogens with two attached hydrogens (primary N) is 2. The lowest BCUT2D eigenvalue weighted by Gasteiger charge is -2.20. The zero-order valence-corrected chi connectivity index (χ0v) is 9.97. The van der Waals surface area contributed by atoms with E-state index in [1.165, 1.54) is 0 Å². The minimum absolute atomic E-state index is 0.325. The third-order valence-corrected chi connectivity index (χ3v) is 2.33. The summed E-state index contributed by atoms with van der Waals surface area (Å²) in [6, 6.07) is 7.68. The highest BCUT2D eigenvalue weighted by Crippen LogP contribution is 2.13. The molecule has 5 heteroatoms. The number of aliphatic imine (C=N–C) groups is 1. The minimum atomic E-state index is 0.325. The lowest BCUT2D eigenvalue weighted by molar-refractivity contribution is 0.345. The molecule has 1 rings (SSSR count). The Balaban J connectivity index is 2.69. The van der Waals surface area contributed by atoms with Crippen molar-refractivity contribution in [1.29, 1.82) is 0 Å². The van der Waals surface area contributed by atoms with Crippen LogP contribution < -0.4 is 16.3 Å². The maximum atomic E-state index is 5.88. The second-order valence-electron chi connectivity index (χ2n) is 3.48. The third-order valence-electron chi connectivity index (χ3n) is 2.33. The van der Waals surface area contributed by atoms with Crippen LogP contribution in [0.3, 0.4) is 0 Å². The summed E-state index contributed by atoms with van der Waals surface area (Å²) in [4.78, 5) is 3.66. The molecular formula is C12H18N4O. The molecule has 0 unspecified atom stereocenters. The van der Waals surface area contributed by atoms with Crippen molar-refractivity contribution in [3.8, 4) is 5.75 Å². The average molecular weight is 234 g/mol. The van der Waals surface area contributed by atoms with E-state index >= 15 is 0 Å². The summed E-state index contributed by atoms with van der Waals surface area (Å²) < 4.78 is 5.08. The first-order valence-corrected chi connectivity index (χ1v) is 5.21. The number of methoxy groups -OCH3 is 1. The zero-order chi connectivity index (χ0) is 12.7. The predicted octanol–water partition coefficient (Wildman–Crippen LogP) is 0.872. The fourth-order valence-corrected chi connectivity index (χ4v) is 1.38. The Morgan fingerprint density at radius 1 is 1.47 bits per heavy atom. The van der Waals surface area contributed by atoms with Gasteiger partial charge in [-0.3, -0.25) is 4.99 Å². The molecule has 0 saturated heterocycles. The van der Waals surface area contributed by atoms with E-state index in [0.29, 0.717) is 13.1 Å². The lowest BCUT2D eigenvalue weighted by Crippen LogP contribution is -2.33. The Bertz CT molecular complexity index is 386. The van der Waals surface area contributed by atoms with Gasteiger partial charge in [-0.15, -0.1) is 0 Å². The van der Waals surface area contributed by atoms with E-state index in [-0.39, 0.29) is 0 Å². The van der Waals surface area contributed by atoms with E-state index in [9.17, 15) is 0 Å². The molecule has 92 valence electrons. The van der Waals surface area contributed by atoms with Gasteiger partial charge in [0, 0.05) is 12.7 Å². The molecule has 0 aromatic heterocycles. The standard InChI is InChI=1S/C12H18N4O/c1-15-8-11(7-13)16(14)9-10-3-5-12(17-2)6-4-10/h3-6,8H,1,7,9,13-14H2,2H3/b11-8-. The first-order valence-electron chi connectivity index (χ1n) is 5.21. The van der Waals surface area contributed by atoms with Crippen LogP contribution in [0.2, 0.25) is 0 Å². The fourth-order valence-electron chi connectivity index (χ4n) is 1.38. The fraction of sp³-hybridized carbons (Fsp3) is 0.250. The van der Waals surface area contributed by atoms with Crippen LogP contribution in [0.1, 0.15) is 5.56 Å². The first kappa shape index (κ1) is 13.2. The van der Waals surface area contributed by atoms with Gasteiger partial charge in [-0.05, 0) is 24.4 Å². The van der Waals surface area contributed by atoms with E-state index in [1.807, 2.05) is 24.3 Å². The number of benzene rings is 1. The number of hydrogen-bond acceptors (Lipinski definition) is 5. The largest absolute Gasteiger partial charge is 0.497 e. The smallest absolute Gasteiger partial charge is 0.118 e. The van der Waals surface area contributed by atoms with Gasteiger partial charge in [0.1, 0.15) is 5.75 Å². The highest BCUT2D eigenvalue weighted by molar-refractivity contribution is 5.28. The van der Waals surface area contributed by atoms with Crippen LogP contribution >= 0.6 is 0 Å². The van der Waals surface area contributed by atoms with E-state index in [4.69, 9.17) is 16.3 Å². The summed E-state index contributed by atoms with van der Waals surface area (Å²) in [6.45, 7) is 4.26. The summed E-state index contributed by atoms with van der Waals surface area (Å²) >= 11 is 0. The summed E-state index contributed by atoms with van der Waals surface area (Å²) in [7, 11) is 1.63. The predicted molar refractivity (Wildman–Crippen MR) is 69.4 cm³/mol. The minimum Gasteiger partial charge on any atom is -0.497 e. The highest BCUT2D eigenvalue weighted by Gasteiger charge is 2.04. The molecule has 0 bridgehead atoms. The molecule has 1 aromatic carbocycles. The van der Waals surface area contributed by atoms with E-state index < -0.39 is 0 Å². The summed E-state index contributed by atoms with van der Waals surface area (Å²) in [6.07, 6.45) is 1.56. The molecule has 5 nitrogen and oxygen atoms in total. The number of hydrogen-bond donors (Lipinski definition) is 2. The summed E-state index contributed by atoms with van der Waals surface area (Å²) in [5.41, 5.74) is 7.36. The molecule has 0 radical (unpaired) electrons. The molecule has 0 fully saturated rings. The van der Waals surface area contributed by atoms with Crippen LogP contribution in [-0.4, -0.2) is 25.4 Å². The van der Waals surface area contributed by atoms with Gasteiger partial charge in [-0.2, -0.15) is 0 Å². The number of ether oxygens (including phenoxy) is 1. The molecular weight excluding hydrogens is 216 g/mol. The molecule has 0 amide bonds. The zero-order valence-electron chi connectivity index (χ0n) is 9.97. The van der Waals surface area contributed by atoms with Crippen LogP contribution in [0.25, 0.3) is 0 Å².